The highest BCUT2D eigenvalue weighted by molar-refractivity contribution is 5.72. The minimum atomic E-state index is 0.0188. The minimum Gasteiger partial charge on any atom is -0.465 e. The lowest BCUT2D eigenvalue weighted by molar-refractivity contribution is -0.148. The summed E-state index contributed by atoms with van der Waals surface area (Å²) in [5.74, 6) is 0.143. The standard InChI is InChI=1S/C16H28O2/c1-2-3-4-5-6-7-11-14-18-16(17)15-12-9-8-10-13-15/h8-9,15H,2-7,10-14H2,1H3. The van der Waals surface area contributed by atoms with E-state index in [1.807, 2.05) is 0 Å². The Balaban J connectivity index is 1.91. The Bertz CT molecular complexity index is 245. The second kappa shape index (κ2) is 10.2. The van der Waals surface area contributed by atoms with Crippen LogP contribution < -0.4 is 0 Å². The van der Waals surface area contributed by atoms with E-state index in [4.69, 9.17) is 4.74 Å². The van der Waals surface area contributed by atoms with E-state index in [0.29, 0.717) is 6.61 Å². The summed E-state index contributed by atoms with van der Waals surface area (Å²) in [6, 6.07) is 0. The quantitative estimate of drug-likeness (QED) is 0.339. The second-order valence-electron chi connectivity index (χ2n) is 5.27. The normalized spacial score (nSPS) is 18.8. The van der Waals surface area contributed by atoms with Crippen molar-refractivity contribution in [1.82, 2.24) is 0 Å². The van der Waals surface area contributed by atoms with Gasteiger partial charge in [-0.1, -0.05) is 57.6 Å². The predicted octanol–water partition coefficient (Wildman–Crippen LogP) is 4.64. The van der Waals surface area contributed by atoms with Crippen molar-refractivity contribution in [2.75, 3.05) is 6.61 Å². The molecule has 2 heteroatoms. The molecular formula is C16H28O2. The van der Waals surface area contributed by atoms with Gasteiger partial charge in [-0.2, -0.15) is 0 Å². The van der Waals surface area contributed by atoms with Crippen LogP contribution in [-0.4, -0.2) is 12.6 Å². The molecule has 0 N–H and O–H groups in total. The Labute approximate surface area is 112 Å². The van der Waals surface area contributed by atoms with Crippen LogP contribution in [0.2, 0.25) is 0 Å². The number of carbonyl (C=O) groups is 1. The summed E-state index contributed by atoms with van der Waals surface area (Å²) in [4.78, 5) is 11.7. The van der Waals surface area contributed by atoms with E-state index in [1.165, 1.54) is 38.5 Å². The molecule has 0 aromatic heterocycles. The summed E-state index contributed by atoms with van der Waals surface area (Å²) in [6.45, 7) is 2.85. The lowest BCUT2D eigenvalue weighted by Gasteiger charge is -2.16. The third kappa shape index (κ3) is 6.83. The Morgan fingerprint density at radius 3 is 2.50 bits per heavy atom. The van der Waals surface area contributed by atoms with Crippen molar-refractivity contribution in [1.29, 1.82) is 0 Å². The first kappa shape index (κ1) is 15.3. The number of hydrogen-bond acceptors (Lipinski definition) is 2. The van der Waals surface area contributed by atoms with Crippen LogP contribution in [0.5, 0.6) is 0 Å². The minimum absolute atomic E-state index is 0.0188. The highest BCUT2D eigenvalue weighted by Gasteiger charge is 2.19. The lowest BCUT2D eigenvalue weighted by atomic mass is 9.95. The lowest BCUT2D eigenvalue weighted by Crippen LogP contribution is -2.19. The van der Waals surface area contributed by atoms with Crippen molar-refractivity contribution < 1.29 is 9.53 Å². The van der Waals surface area contributed by atoms with Gasteiger partial charge >= 0.3 is 5.97 Å². The van der Waals surface area contributed by atoms with Gasteiger partial charge in [-0.15, -0.1) is 0 Å². The van der Waals surface area contributed by atoms with Crippen LogP contribution in [0.25, 0.3) is 0 Å². The van der Waals surface area contributed by atoms with Crippen LogP contribution in [0.4, 0.5) is 0 Å². The third-order valence-corrected chi connectivity index (χ3v) is 3.59. The molecule has 18 heavy (non-hydrogen) atoms. The van der Waals surface area contributed by atoms with Crippen LogP contribution in [0.1, 0.15) is 71.1 Å². The molecule has 0 aromatic carbocycles. The van der Waals surface area contributed by atoms with E-state index in [9.17, 15) is 4.79 Å². The smallest absolute Gasteiger partial charge is 0.309 e. The Morgan fingerprint density at radius 1 is 1.11 bits per heavy atom. The molecule has 1 aliphatic carbocycles. The fourth-order valence-corrected chi connectivity index (χ4v) is 2.36. The van der Waals surface area contributed by atoms with Crippen LogP contribution in [0, 0.1) is 5.92 Å². The molecule has 0 saturated carbocycles. The number of esters is 1. The van der Waals surface area contributed by atoms with Crippen molar-refractivity contribution in [2.24, 2.45) is 5.92 Å². The van der Waals surface area contributed by atoms with Gasteiger partial charge in [0.25, 0.3) is 0 Å². The molecule has 1 atom stereocenters. The van der Waals surface area contributed by atoms with Gasteiger partial charge in [0.05, 0.1) is 12.5 Å². The van der Waals surface area contributed by atoms with Gasteiger partial charge in [0.1, 0.15) is 0 Å². The van der Waals surface area contributed by atoms with Gasteiger partial charge in [-0.05, 0) is 25.7 Å². The molecule has 0 fully saturated rings. The predicted molar refractivity (Wildman–Crippen MR) is 75.4 cm³/mol. The maximum atomic E-state index is 11.7. The molecule has 0 radical (unpaired) electrons. The average Bonchev–Trinajstić information content (AvgIpc) is 2.42. The van der Waals surface area contributed by atoms with Crippen molar-refractivity contribution in [3.05, 3.63) is 12.2 Å². The van der Waals surface area contributed by atoms with Crippen LogP contribution in [-0.2, 0) is 9.53 Å². The average molecular weight is 252 g/mol. The number of unbranched alkanes of at least 4 members (excludes halogenated alkanes) is 6. The van der Waals surface area contributed by atoms with Crippen molar-refractivity contribution in [2.45, 2.75) is 71.1 Å². The van der Waals surface area contributed by atoms with E-state index in [1.54, 1.807) is 0 Å². The maximum absolute atomic E-state index is 11.7. The van der Waals surface area contributed by atoms with Crippen LogP contribution in [0.15, 0.2) is 12.2 Å². The second-order valence-corrected chi connectivity index (χ2v) is 5.27. The molecule has 0 amide bonds. The zero-order valence-electron chi connectivity index (χ0n) is 11.8. The Kier molecular flexibility index (Phi) is 8.62. The number of hydrogen-bond donors (Lipinski definition) is 0. The van der Waals surface area contributed by atoms with Gasteiger partial charge in [0.2, 0.25) is 0 Å². The fourth-order valence-electron chi connectivity index (χ4n) is 2.36. The van der Waals surface area contributed by atoms with E-state index in [2.05, 4.69) is 19.1 Å². The molecular weight excluding hydrogens is 224 g/mol. The summed E-state index contributed by atoms with van der Waals surface area (Å²) < 4.78 is 5.34. The molecule has 1 aliphatic rings. The van der Waals surface area contributed by atoms with Gasteiger partial charge < -0.3 is 4.74 Å². The summed E-state index contributed by atoms with van der Waals surface area (Å²) in [6.07, 6.45) is 16.0. The molecule has 0 aliphatic heterocycles. The maximum Gasteiger partial charge on any atom is 0.309 e. The molecule has 104 valence electrons. The van der Waals surface area contributed by atoms with Gasteiger partial charge in [-0.25, -0.2) is 0 Å². The fraction of sp³-hybridized carbons (Fsp3) is 0.812. The summed E-state index contributed by atoms with van der Waals surface area (Å²) in [5.41, 5.74) is 0. The molecule has 0 aromatic rings. The molecule has 0 spiro atoms. The van der Waals surface area contributed by atoms with E-state index < -0.39 is 0 Å². The van der Waals surface area contributed by atoms with Gasteiger partial charge in [0, 0.05) is 0 Å². The number of rotatable bonds is 9. The highest BCUT2D eigenvalue weighted by Crippen LogP contribution is 2.19. The van der Waals surface area contributed by atoms with Crippen molar-refractivity contribution in [3.63, 3.8) is 0 Å². The molecule has 0 bridgehead atoms. The molecule has 2 nitrogen and oxygen atoms in total. The topological polar surface area (TPSA) is 26.3 Å². The first-order valence-electron chi connectivity index (χ1n) is 7.66. The highest BCUT2D eigenvalue weighted by atomic mass is 16.5. The zero-order valence-corrected chi connectivity index (χ0v) is 11.8. The first-order valence-corrected chi connectivity index (χ1v) is 7.66. The molecule has 1 unspecified atom stereocenters. The van der Waals surface area contributed by atoms with Gasteiger partial charge in [-0.3, -0.25) is 4.79 Å². The van der Waals surface area contributed by atoms with E-state index in [-0.39, 0.29) is 11.9 Å². The number of allylic oxidation sites excluding steroid dienone is 2. The third-order valence-electron chi connectivity index (χ3n) is 3.59. The Morgan fingerprint density at radius 2 is 1.83 bits per heavy atom. The monoisotopic (exact) mass is 252 g/mol. The number of carbonyl (C=O) groups excluding carboxylic acids is 1. The van der Waals surface area contributed by atoms with Crippen molar-refractivity contribution >= 4 is 5.97 Å². The van der Waals surface area contributed by atoms with Crippen LogP contribution in [0.3, 0.4) is 0 Å². The number of ether oxygens (including phenoxy) is 1. The summed E-state index contributed by atoms with van der Waals surface area (Å²) in [7, 11) is 0. The van der Waals surface area contributed by atoms with Crippen LogP contribution >= 0.6 is 0 Å². The van der Waals surface area contributed by atoms with E-state index in [0.717, 1.165) is 25.7 Å². The largest absolute Gasteiger partial charge is 0.465 e. The zero-order chi connectivity index (χ0) is 13.1. The molecule has 0 saturated heterocycles. The first-order chi connectivity index (χ1) is 8.84. The molecule has 0 heterocycles. The van der Waals surface area contributed by atoms with Crippen molar-refractivity contribution in [3.8, 4) is 0 Å². The Hall–Kier alpha value is -0.790. The van der Waals surface area contributed by atoms with Gasteiger partial charge in [0.15, 0.2) is 0 Å². The van der Waals surface area contributed by atoms with E-state index >= 15 is 0 Å². The molecule has 1 rings (SSSR count). The SMILES string of the molecule is CCCCCCCCCOC(=O)C1CC=CCC1. The summed E-state index contributed by atoms with van der Waals surface area (Å²) in [5, 5.41) is 0. The summed E-state index contributed by atoms with van der Waals surface area (Å²) >= 11 is 0.